The molecule has 3 rings (SSSR count). The highest BCUT2D eigenvalue weighted by molar-refractivity contribution is 5.93. The first-order valence-corrected chi connectivity index (χ1v) is 8.84. The van der Waals surface area contributed by atoms with Crippen LogP contribution in [0.15, 0.2) is 48.5 Å². The van der Waals surface area contributed by atoms with Gasteiger partial charge in [-0.2, -0.15) is 0 Å². The molecule has 2 amide bonds. The van der Waals surface area contributed by atoms with Gasteiger partial charge in [-0.1, -0.05) is 36.4 Å². The molecule has 0 spiro atoms. The molecule has 2 aromatic carbocycles. The number of carbonyl (C=O) groups excluding carboxylic acids is 1. The average Bonchev–Trinajstić information content (AvgIpc) is 3.17. The highest BCUT2D eigenvalue weighted by atomic mass is 16.3. The Morgan fingerprint density at radius 3 is 2.40 bits per heavy atom. The van der Waals surface area contributed by atoms with E-state index in [-0.39, 0.29) is 12.6 Å². The molecule has 5 heteroatoms. The lowest BCUT2D eigenvalue weighted by Crippen LogP contribution is -2.31. The Morgan fingerprint density at radius 2 is 1.68 bits per heavy atom. The van der Waals surface area contributed by atoms with Gasteiger partial charge < -0.3 is 20.6 Å². The van der Waals surface area contributed by atoms with Crippen LogP contribution in [0.2, 0.25) is 0 Å². The minimum atomic E-state index is -0.182. The maximum atomic E-state index is 12.2. The number of amides is 2. The summed E-state index contributed by atoms with van der Waals surface area (Å²) in [5, 5.41) is 14.9. The largest absolute Gasteiger partial charge is 0.392 e. The van der Waals surface area contributed by atoms with Crippen LogP contribution in [-0.2, 0) is 13.0 Å². The van der Waals surface area contributed by atoms with Gasteiger partial charge in [0.15, 0.2) is 0 Å². The molecule has 1 heterocycles. The molecular weight excluding hydrogens is 314 g/mol. The lowest BCUT2D eigenvalue weighted by atomic mass is 10.1. The maximum absolute atomic E-state index is 12.2. The van der Waals surface area contributed by atoms with Gasteiger partial charge >= 0.3 is 6.03 Å². The number of nitrogens with zero attached hydrogens (tertiary/aromatic N) is 1. The SMILES string of the molecule is O=C(NCCc1ccc(CO)cc1)Nc1ccccc1N1CCCC1. The number of para-hydroxylation sites is 2. The number of aliphatic hydroxyl groups is 1. The maximum Gasteiger partial charge on any atom is 0.319 e. The molecule has 1 saturated heterocycles. The number of carbonyl (C=O) groups is 1. The Balaban J connectivity index is 1.50. The molecule has 132 valence electrons. The third kappa shape index (κ3) is 4.73. The van der Waals surface area contributed by atoms with Crippen LogP contribution in [0, 0.1) is 0 Å². The minimum absolute atomic E-state index is 0.0529. The van der Waals surface area contributed by atoms with Crippen LogP contribution in [0.3, 0.4) is 0 Å². The van der Waals surface area contributed by atoms with Gasteiger partial charge in [-0.15, -0.1) is 0 Å². The van der Waals surface area contributed by atoms with Crippen molar-refractivity contribution in [1.82, 2.24) is 5.32 Å². The number of aliphatic hydroxyl groups excluding tert-OH is 1. The molecule has 1 fully saturated rings. The molecule has 1 aliphatic heterocycles. The number of nitrogens with one attached hydrogen (secondary N) is 2. The van der Waals surface area contributed by atoms with Crippen molar-refractivity contribution in [3.05, 3.63) is 59.7 Å². The Morgan fingerprint density at radius 1 is 1.00 bits per heavy atom. The van der Waals surface area contributed by atoms with E-state index in [0.717, 1.165) is 42.0 Å². The molecule has 0 saturated carbocycles. The molecule has 0 unspecified atom stereocenters. The van der Waals surface area contributed by atoms with Gasteiger partial charge in [0.1, 0.15) is 0 Å². The highest BCUT2D eigenvalue weighted by Gasteiger charge is 2.16. The Kier molecular flexibility index (Phi) is 5.90. The summed E-state index contributed by atoms with van der Waals surface area (Å²) >= 11 is 0. The van der Waals surface area contributed by atoms with Crippen molar-refractivity contribution >= 4 is 17.4 Å². The second-order valence-electron chi connectivity index (χ2n) is 6.32. The van der Waals surface area contributed by atoms with E-state index in [1.165, 1.54) is 12.8 Å². The van der Waals surface area contributed by atoms with Crippen molar-refractivity contribution in [3.8, 4) is 0 Å². The number of hydrogen-bond acceptors (Lipinski definition) is 3. The number of anilines is 2. The van der Waals surface area contributed by atoms with Crippen LogP contribution < -0.4 is 15.5 Å². The molecule has 5 nitrogen and oxygen atoms in total. The van der Waals surface area contributed by atoms with Gasteiger partial charge in [-0.3, -0.25) is 0 Å². The third-order valence-corrected chi connectivity index (χ3v) is 4.50. The summed E-state index contributed by atoms with van der Waals surface area (Å²) in [5.41, 5.74) is 3.98. The van der Waals surface area contributed by atoms with E-state index in [4.69, 9.17) is 5.11 Å². The van der Waals surface area contributed by atoms with E-state index >= 15 is 0 Å². The second kappa shape index (κ2) is 8.53. The van der Waals surface area contributed by atoms with Gasteiger partial charge in [0.05, 0.1) is 18.0 Å². The topological polar surface area (TPSA) is 64.6 Å². The monoisotopic (exact) mass is 339 g/mol. The van der Waals surface area contributed by atoms with Crippen molar-refractivity contribution in [2.75, 3.05) is 29.9 Å². The molecule has 2 aromatic rings. The van der Waals surface area contributed by atoms with Gasteiger partial charge in [-0.25, -0.2) is 4.79 Å². The van der Waals surface area contributed by atoms with E-state index in [1.54, 1.807) is 0 Å². The fourth-order valence-electron chi connectivity index (χ4n) is 3.11. The fourth-order valence-corrected chi connectivity index (χ4v) is 3.11. The zero-order chi connectivity index (χ0) is 17.5. The van der Waals surface area contributed by atoms with Crippen LogP contribution in [0.1, 0.15) is 24.0 Å². The van der Waals surface area contributed by atoms with Crippen LogP contribution >= 0.6 is 0 Å². The lowest BCUT2D eigenvalue weighted by Gasteiger charge is -2.21. The standard InChI is InChI=1S/C20H25N3O2/c24-15-17-9-7-16(8-10-17)11-12-21-20(25)22-18-5-1-2-6-19(18)23-13-3-4-14-23/h1-2,5-10,24H,3-4,11-15H2,(H2,21,22,25). The quantitative estimate of drug-likeness (QED) is 0.757. The molecule has 25 heavy (non-hydrogen) atoms. The molecular formula is C20H25N3O2. The van der Waals surface area contributed by atoms with Crippen LogP contribution in [0.5, 0.6) is 0 Å². The van der Waals surface area contributed by atoms with Crippen molar-refractivity contribution in [2.45, 2.75) is 25.9 Å². The number of hydrogen-bond donors (Lipinski definition) is 3. The summed E-state index contributed by atoms with van der Waals surface area (Å²) in [6, 6.07) is 15.5. The molecule has 0 radical (unpaired) electrons. The first-order chi connectivity index (χ1) is 12.3. The Labute approximate surface area is 148 Å². The number of urea groups is 1. The Hall–Kier alpha value is -2.53. The van der Waals surface area contributed by atoms with E-state index in [0.29, 0.717) is 6.54 Å². The van der Waals surface area contributed by atoms with E-state index in [9.17, 15) is 4.79 Å². The fraction of sp³-hybridized carbons (Fsp3) is 0.350. The van der Waals surface area contributed by atoms with Gasteiger partial charge in [0.2, 0.25) is 0 Å². The summed E-state index contributed by atoms with van der Waals surface area (Å²) < 4.78 is 0. The molecule has 3 N–H and O–H groups in total. The summed E-state index contributed by atoms with van der Waals surface area (Å²) in [7, 11) is 0. The molecule has 0 atom stereocenters. The third-order valence-electron chi connectivity index (χ3n) is 4.50. The molecule has 0 bridgehead atoms. The van der Waals surface area contributed by atoms with Crippen LogP contribution in [-0.4, -0.2) is 30.8 Å². The van der Waals surface area contributed by atoms with E-state index in [1.807, 2.05) is 42.5 Å². The molecule has 0 aliphatic carbocycles. The van der Waals surface area contributed by atoms with Crippen LogP contribution in [0.4, 0.5) is 16.2 Å². The first-order valence-electron chi connectivity index (χ1n) is 8.84. The van der Waals surface area contributed by atoms with Gasteiger partial charge in [0.25, 0.3) is 0 Å². The number of rotatable bonds is 6. The Bertz CT molecular complexity index is 694. The van der Waals surface area contributed by atoms with Crippen LogP contribution in [0.25, 0.3) is 0 Å². The molecule has 0 aromatic heterocycles. The van der Waals surface area contributed by atoms with E-state index < -0.39 is 0 Å². The van der Waals surface area contributed by atoms with Gasteiger partial charge in [-0.05, 0) is 42.5 Å². The smallest absolute Gasteiger partial charge is 0.319 e. The summed E-state index contributed by atoms with van der Waals surface area (Å²) in [4.78, 5) is 14.5. The van der Waals surface area contributed by atoms with Crippen molar-refractivity contribution in [1.29, 1.82) is 0 Å². The van der Waals surface area contributed by atoms with Gasteiger partial charge in [0, 0.05) is 19.6 Å². The van der Waals surface area contributed by atoms with E-state index in [2.05, 4.69) is 21.6 Å². The lowest BCUT2D eigenvalue weighted by molar-refractivity contribution is 0.252. The highest BCUT2D eigenvalue weighted by Crippen LogP contribution is 2.28. The summed E-state index contributed by atoms with van der Waals surface area (Å²) in [6.07, 6.45) is 3.16. The average molecular weight is 339 g/mol. The first kappa shape index (κ1) is 17.3. The summed E-state index contributed by atoms with van der Waals surface area (Å²) in [5.74, 6) is 0. The normalized spacial score (nSPS) is 13.7. The summed E-state index contributed by atoms with van der Waals surface area (Å²) in [6.45, 7) is 2.71. The zero-order valence-corrected chi connectivity index (χ0v) is 14.4. The van der Waals surface area contributed by atoms with Crippen molar-refractivity contribution in [2.24, 2.45) is 0 Å². The number of benzene rings is 2. The minimum Gasteiger partial charge on any atom is -0.392 e. The molecule has 1 aliphatic rings. The van der Waals surface area contributed by atoms with Crippen molar-refractivity contribution in [3.63, 3.8) is 0 Å². The predicted octanol–water partition coefficient (Wildman–Crippen LogP) is 3.14. The second-order valence-corrected chi connectivity index (χ2v) is 6.32. The van der Waals surface area contributed by atoms with Crippen molar-refractivity contribution < 1.29 is 9.90 Å². The predicted molar refractivity (Wildman–Crippen MR) is 101 cm³/mol. The zero-order valence-electron chi connectivity index (χ0n) is 14.4.